The Balaban J connectivity index is 2.33. The van der Waals surface area contributed by atoms with Crippen LogP contribution in [0.5, 0.6) is 0 Å². The summed E-state index contributed by atoms with van der Waals surface area (Å²) in [5.74, 6) is 0. The number of hydrogen-bond donors (Lipinski definition) is 2. The molecule has 1 aliphatic carbocycles. The fourth-order valence-electron chi connectivity index (χ4n) is 1.26. The average molecular weight is 147 g/mol. The largest absolute Gasteiger partial charge is 0.396 e. The van der Waals surface area contributed by atoms with Crippen molar-refractivity contribution in [1.29, 1.82) is 0 Å². The van der Waals surface area contributed by atoms with Gasteiger partial charge in [0, 0.05) is 12.6 Å². The Hall–Kier alpha value is -0.150. The fourth-order valence-corrected chi connectivity index (χ4v) is 1.26. The predicted octanol–water partition coefficient (Wildman–Crippen LogP) is 0.459. The van der Waals surface area contributed by atoms with Gasteiger partial charge in [-0.2, -0.15) is 0 Å². The van der Waals surface area contributed by atoms with E-state index in [1.54, 1.807) is 7.05 Å². The Kier molecular flexibility index (Phi) is 2.26. The van der Waals surface area contributed by atoms with Crippen LogP contribution in [0, 0.1) is 0 Å². The molecule has 1 atom stereocenters. The SMILES string of the molecule is CN[C@@H](CCO)C1(F)CC1. The summed E-state index contributed by atoms with van der Waals surface area (Å²) in [6, 6.07) is -0.141. The number of hydrogen-bond acceptors (Lipinski definition) is 2. The summed E-state index contributed by atoms with van der Waals surface area (Å²) < 4.78 is 13.2. The summed E-state index contributed by atoms with van der Waals surface area (Å²) >= 11 is 0. The Morgan fingerprint density at radius 2 is 2.30 bits per heavy atom. The van der Waals surface area contributed by atoms with Gasteiger partial charge in [0.1, 0.15) is 5.67 Å². The van der Waals surface area contributed by atoms with Gasteiger partial charge >= 0.3 is 0 Å². The van der Waals surface area contributed by atoms with Crippen LogP contribution in [0.3, 0.4) is 0 Å². The van der Waals surface area contributed by atoms with Crippen LogP contribution in [0.1, 0.15) is 19.3 Å². The van der Waals surface area contributed by atoms with Crippen molar-refractivity contribution in [1.82, 2.24) is 5.32 Å². The maximum atomic E-state index is 13.2. The van der Waals surface area contributed by atoms with Gasteiger partial charge in [0.25, 0.3) is 0 Å². The zero-order chi connectivity index (χ0) is 7.61. The molecule has 0 unspecified atom stereocenters. The van der Waals surface area contributed by atoms with E-state index in [1.807, 2.05) is 0 Å². The first-order valence-electron chi connectivity index (χ1n) is 3.70. The molecule has 0 amide bonds. The summed E-state index contributed by atoms with van der Waals surface area (Å²) in [4.78, 5) is 0. The van der Waals surface area contributed by atoms with Crippen molar-refractivity contribution in [2.75, 3.05) is 13.7 Å². The molecule has 1 rings (SSSR count). The van der Waals surface area contributed by atoms with Crippen molar-refractivity contribution in [3.8, 4) is 0 Å². The van der Waals surface area contributed by atoms with E-state index in [9.17, 15) is 4.39 Å². The highest BCUT2D eigenvalue weighted by atomic mass is 19.1. The number of aliphatic hydroxyl groups excluding tert-OH is 1. The van der Waals surface area contributed by atoms with Crippen LogP contribution in [-0.4, -0.2) is 30.5 Å². The van der Waals surface area contributed by atoms with Crippen molar-refractivity contribution in [3.05, 3.63) is 0 Å². The number of rotatable bonds is 4. The monoisotopic (exact) mass is 147 g/mol. The van der Waals surface area contributed by atoms with Crippen LogP contribution in [0.15, 0.2) is 0 Å². The molecule has 0 bridgehead atoms. The zero-order valence-corrected chi connectivity index (χ0v) is 6.23. The molecule has 1 aliphatic rings. The summed E-state index contributed by atoms with van der Waals surface area (Å²) in [6.45, 7) is 0.0666. The van der Waals surface area contributed by atoms with E-state index < -0.39 is 5.67 Å². The molecule has 2 N–H and O–H groups in total. The van der Waals surface area contributed by atoms with E-state index in [0.717, 1.165) is 0 Å². The number of halogens is 1. The summed E-state index contributed by atoms with van der Waals surface area (Å²) in [5, 5.41) is 11.4. The van der Waals surface area contributed by atoms with Crippen LogP contribution >= 0.6 is 0 Å². The lowest BCUT2D eigenvalue weighted by atomic mass is 10.1. The van der Waals surface area contributed by atoms with E-state index in [1.165, 1.54) is 0 Å². The summed E-state index contributed by atoms with van der Waals surface area (Å²) in [6.07, 6.45) is 1.82. The lowest BCUT2D eigenvalue weighted by Crippen LogP contribution is -2.37. The molecule has 3 heteroatoms. The first-order chi connectivity index (χ1) is 4.73. The first kappa shape index (κ1) is 7.95. The standard InChI is InChI=1S/C7H14FNO/c1-9-6(2-5-10)7(8)3-4-7/h6,9-10H,2-5H2,1H3/t6-/m0/s1. The Morgan fingerprint density at radius 1 is 1.70 bits per heavy atom. The van der Waals surface area contributed by atoms with Gasteiger partial charge in [-0.05, 0) is 26.3 Å². The molecule has 0 heterocycles. The lowest BCUT2D eigenvalue weighted by Gasteiger charge is -2.18. The van der Waals surface area contributed by atoms with Crippen molar-refractivity contribution >= 4 is 0 Å². The molecule has 10 heavy (non-hydrogen) atoms. The normalized spacial score (nSPS) is 24.3. The Bertz CT molecular complexity index is 114. The number of alkyl halides is 1. The van der Waals surface area contributed by atoms with E-state index in [-0.39, 0.29) is 12.6 Å². The maximum Gasteiger partial charge on any atom is 0.126 e. The molecule has 0 aliphatic heterocycles. The minimum atomic E-state index is -1.00. The van der Waals surface area contributed by atoms with E-state index >= 15 is 0 Å². The minimum Gasteiger partial charge on any atom is -0.396 e. The highest BCUT2D eigenvalue weighted by Crippen LogP contribution is 2.43. The van der Waals surface area contributed by atoms with Gasteiger partial charge in [-0.3, -0.25) is 0 Å². The Labute approximate surface area is 60.4 Å². The molecule has 0 aromatic heterocycles. The van der Waals surface area contributed by atoms with Gasteiger partial charge in [-0.15, -0.1) is 0 Å². The van der Waals surface area contributed by atoms with Crippen molar-refractivity contribution < 1.29 is 9.50 Å². The first-order valence-corrected chi connectivity index (χ1v) is 3.70. The average Bonchev–Trinajstić information content (AvgIpc) is 2.64. The van der Waals surface area contributed by atoms with Gasteiger partial charge in [-0.1, -0.05) is 0 Å². The molecular weight excluding hydrogens is 133 g/mol. The van der Waals surface area contributed by atoms with Crippen molar-refractivity contribution in [2.24, 2.45) is 0 Å². The predicted molar refractivity (Wildman–Crippen MR) is 37.6 cm³/mol. The smallest absolute Gasteiger partial charge is 0.126 e. The van der Waals surface area contributed by atoms with Crippen molar-refractivity contribution in [2.45, 2.75) is 31.0 Å². The topological polar surface area (TPSA) is 32.3 Å². The van der Waals surface area contributed by atoms with Gasteiger partial charge in [0.2, 0.25) is 0 Å². The minimum absolute atomic E-state index is 0.0666. The Morgan fingerprint density at radius 3 is 2.60 bits per heavy atom. The molecule has 0 aromatic carbocycles. The fraction of sp³-hybridized carbons (Fsp3) is 1.00. The van der Waals surface area contributed by atoms with Crippen LogP contribution in [0.4, 0.5) is 4.39 Å². The van der Waals surface area contributed by atoms with Gasteiger partial charge in [0.05, 0.1) is 0 Å². The van der Waals surface area contributed by atoms with Crippen molar-refractivity contribution in [3.63, 3.8) is 0 Å². The molecule has 1 saturated carbocycles. The highest BCUT2D eigenvalue weighted by molar-refractivity contribution is 5.03. The van der Waals surface area contributed by atoms with Crippen LogP contribution in [0.25, 0.3) is 0 Å². The third kappa shape index (κ3) is 1.47. The molecule has 1 fully saturated rings. The maximum absolute atomic E-state index is 13.2. The number of aliphatic hydroxyl groups is 1. The van der Waals surface area contributed by atoms with Crippen LogP contribution in [0.2, 0.25) is 0 Å². The molecule has 0 saturated heterocycles. The van der Waals surface area contributed by atoms with Gasteiger partial charge < -0.3 is 10.4 Å². The molecule has 60 valence electrons. The lowest BCUT2D eigenvalue weighted by molar-refractivity contribution is 0.186. The molecular formula is C7H14FNO. The molecule has 0 radical (unpaired) electrons. The second-order valence-electron chi connectivity index (χ2n) is 2.89. The molecule has 0 spiro atoms. The zero-order valence-electron chi connectivity index (χ0n) is 6.23. The van der Waals surface area contributed by atoms with E-state index in [4.69, 9.17) is 5.11 Å². The quantitative estimate of drug-likeness (QED) is 0.605. The second-order valence-corrected chi connectivity index (χ2v) is 2.89. The van der Waals surface area contributed by atoms with Gasteiger partial charge in [-0.25, -0.2) is 4.39 Å². The summed E-state index contributed by atoms with van der Waals surface area (Å²) in [7, 11) is 1.74. The van der Waals surface area contributed by atoms with Crippen LogP contribution < -0.4 is 5.32 Å². The molecule has 2 nitrogen and oxygen atoms in total. The van der Waals surface area contributed by atoms with Crippen LogP contribution in [-0.2, 0) is 0 Å². The van der Waals surface area contributed by atoms with E-state index in [0.29, 0.717) is 19.3 Å². The second kappa shape index (κ2) is 2.84. The highest BCUT2D eigenvalue weighted by Gasteiger charge is 2.49. The molecule has 0 aromatic rings. The summed E-state index contributed by atoms with van der Waals surface area (Å²) in [5.41, 5.74) is -1.00. The van der Waals surface area contributed by atoms with E-state index in [2.05, 4.69) is 5.32 Å². The third-order valence-corrected chi connectivity index (χ3v) is 2.12. The van der Waals surface area contributed by atoms with Gasteiger partial charge in [0.15, 0.2) is 0 Å². The third-order valence-electron chi connectivity index (χ3n) is 2.12. The number of nitrogens with one attached hydrogen (secondary N) is 1.